The molecule has 19 heavy (non-hydrogen) atoms. The van der Waals surface area contributed by atoms with Gasteiger partial charge in [0.25, 0.3) is 0 Å². The van der Waals surface area contributed by atoms with Gasteiger partial charge in [0, 0.05) is 8.96 Å². The van der Waals surface area contributed by atoms with E-state index in [0.29, 0.717) is 22.1 Å². The SMILES string of the molecule is Fc1ccccc1-c1nc(Cl)c2cc(I)ccc2n1. The second-order valence-electron chi connectivity index (χ2n) is 3.98. The van der Waals surface area contributed by atoms with Crippen molar-refractivity contribution in [3.63, 3.8) is 0 Å². The minimum atomic E-state index is -0.358. The summed E-state index contributed by atoms with van der Waals surface area (Å²) in [6.45, 7) is 0. The topological polar surface area (TPSA) is 25.8 Å². The summed E-state index contributed by atoms with van der Waals surface area (Å²) in [5.74, 6) is -0.0553. The Hall–Kier alpha value is -1.27. The van der Waals surface area contributed by atoms with Gasteiger partial charge in [-0.1, -0.05) is 23.7 Å². The Labute approximate surface area is 127 Å². The van der Waals surface area contributed by atoms with E-state index in [4.69, 9.17) is 11.6 Å². The van der Waals surface area contributed by atoms with Gasteiger partial charge in [0.2, 0.25) is 0 Å². The fraction of sp³-hybridized carbons (Fsp3) is 0. The molecule has 0 atom stereocenters. The van der Waals surface area contributed by atoms with Crippen LogP contribution in [-0.2, 0) is 0 Å². The zero-order chi connectivity index (χ0) is 13.4. The van der Waals surface area contributed by atoms with E-state index >= 15 is 0 Å². The molecule has 1 aromatic heterocycles. The lowest BCUT2D eigenvalue weighted by Crippen LogP contribution is -1.94. The van der Waals surface area contributed by atoms with Crippen molar-refractivity contribution in [2.24, 2.45) is 0 Å². The van der Waals surface area contributed by atoms with Crippen LogP contribution in [0.5, 0.6) is 0 Å². The molecular weight excluding hydrogens is 378 g/mol. The quantitative estimate of drug-likeness (QED) is 0.449. The van der Waals surface area contributed by atoms with Crippen LogP contribution in [0.3, 0.4) is 0 Å². The van der Waals surface area contributed by atoms with Crippen LogP contribution in [-0.4, -0.2) is 9.97 Å². The molecule has 2 nitrogen and oxygen atoms in total. The van der Waals surface area contributed by atoms with Crippen molar-refractivity contribution in [2.75, 3.05) is 0 Å². The van der Waals surface area contributed by atoms with Crippen molar-refractivity contribution in [3.8, 4) is 11.4 Å². The lowest BCUT2D eigenvalue weighted by atomic mass is 10.2. The highest BCUT2D eigenvalue weighted by molar-refractivity contribution is 14.1. The second-order valence-corrected chi connectivity index (χ2v) is 5.58. The van der Waals surface area contributed by atoms with E-state index in [1.807, 2.05) is 18.2 Å². The summed E-state index contributed by atoms with van der Waals surface area (Å²) < 4.78 is 14.8. The Balaban J connectivity index is 2.27. The Bertz CT molecular complexity index is 776. The summed E-state index contributed by atoms with van der Waals surface area (Å²) in [6.07, 6.45) is 0. The van der Waals surface area contributed by atoms with Crippen molar-refractivity contribution in [1.82, 2.24) is 9.97 Å². The number of aromatic nitrogens is 2. The number of fused-ring (bicyclic) bond motifs is 1. The maximum Gasteiger partial charge on any atom is 0.164 e. The minimum absolute atomic E-state index is 0.303. The number of rotatable bonds is 1. The number of halogens is 3. The average Bonchev–Trinajstić information content (AvgIpc) is 2.40. The van der Waals surface area contributed by atoms with E-state index in [9.17, 15) is 4.39 Å². The van der Waals surface area contributed by atoms with Crippen molar-refractivity contribution >= 4 is 45.1 Å². The Morgan fingerprint density at radius 2 is 1.84 bits per heavy atom. The van der Waals surface area contributed by atoms with Gasteiger partial charge in [-0.25, -0.2) is 14.4 Å². The van der Waals surface area contributed by atoms with Gasteiger partial charge in [0.1, 0.15) is 11.0 Å². The molecule has 0 N–H and O–H groups in total. The molecule has 0 fully saturated rings. The predicted octanol–water partition coefficient (Wildman–Crippen LogP) is 4.69. The fourth-order valence-electron chi connectivity index (χ4n) is 1.83. The molecule has 0 amide bonds. The molecular formula is C14H7ClFIN2. The summed E-state index contributed by atoms with van der Waals surface area (Å²) in [6, 6.07) is 12.1. The van der Waals surface area contributed by atoms with E-state index in [1.54, 1.807) is 18.2 Å². The molecule has 0 saturated carbocycles. The van der Waals surface area contributed by atoms with Gasteiger partial charge in [-0.05, 0) is 52.9 Å². The van der Waals surface area contributed by atoms with Gasteiger partial charge in [-0.2, -0.15) is 0 Å². The van der Waals surface area contributed by atoms with Crippen LogP contribution < -0.4 is 0 Å². The summed E-state index contributed by atoms with van der Waals surface area (Å²) in [7, 11) is 0. The number of hydrogen-bond acceptors (Lipinski definition) is 2. The minimum Gasteiger partial charge on any atom is -0.228 e. The largest absolute Gasteiger partial charge is 0.228 e. The average molecular weight is 385 g/mol. The van der Waals surface area contributed by atoms with Crippen molar-refractivity contribution < 1.29 is 4.39 Å². The zero-order valence-corrected chi connectivity index (χ0v) is 12.5. The van der Waals surface area contributed by atoms with Gasteiger partial charge in [0.15, 0.2) is 5.82 Å². The summed E-state index contributed by atoms with van der Waals surface area (Å²) in [5, 5.41) is 1.11. The number of hydrogen-bond donors (Lipinski definition) is 0. The van der Waals surface area contributed by atoms with Crippen LogP contribution in [0.25, 0.3) is 22.3 Å². The Morgan fingerprint density at radius 1 is 1.05 bits per heavy atom. The van der Waals surface area contributed by atoms with Gasteiger partial charge in [0.05, 0.1) is 11.1 Å². The lowest BCUT2D eigenvalue weighted by Gasteiger charge is -2.05. The highest BCUT2D eigenvalue weighted by Crippen LogP contribution is 2.27. The van der Waals surface area contributed by atoms with Crippen molar-refractivity contribution in [2.45, 2.75) is 0 Å². The van der Waals surface area contributed by atoms with Crippen molar-refractivity contribution in [1.29, 1.82) is 0 Å². The molecule has 0 aliphatic carbocycles. The molecule has 0 saturated heterocycles. The lowest BCUT2D eigenvalue weighted by molar-refractivity contribution is 0.630. The Kier molecular flexibility index (Phi) is 3.36. The molecule has 0 spiro atoms. The first kappa shape index (κ1) is 12.7. The third-order valence-corrected chi connectivity index (χ3v) is 3.69. The van der Waals surface area contributed by atoms with Crippen LogP contribution in [0.2, 0.25) is 5.15 Å². The third kappa shape index (κ3) is 2.42. The summed E-state index contributed by atoms with van der Waals surface area (Å²) in [5.41, 5.74) is 1.06. The van der Waals surface area contributed by atoms with Crippen LogP contribution in [0.4, 0.5) is 4.39 Å². The molecule has 0 radical (unpaired) electrons. The predicted molar refractivity (Wildman–Crippen MR) is 82.7 cm³/mol. The van der Waals surface area contributed by atoms with Crippen LogP contribution in [0.1, 0.15) is 0 Å². The van der Waals surface area contributed by atoms with E-state index in [-0.39, 0.29) is 5.82 Å². The summed E-state index contributed by atoms with van der Waals surface area (Å²) >= 11 is 8.36. The van der Waals surface area contributed by atoms with Crippen LogP contribution >= 0.6 is 34.2 Å². The third-order valence-electron chi connectivity index (χ3n) is 2.73. The molecule has 0 aliphatic heterocycles. The highest BCUT2D eigenvalue weighted by Gasteiger charge is 2.11. The molecule has 2 aromatic carbocycles. The molecule has 1 heterocycles. The smallest absolute Gasteiger partial charge is 0.164 e. The van der Waals surface area contributed by atoms with Gasteiger partial charge >= 0.3 is 0 Å². The Morgan fingerprint density at radius 3 is 2.63 bits per heavy atom. The highest BCUT2D eigenvalue weighted by atomic mass is 127. The maximum atomic E-state index is 13.7. The molecule has 0 aliphatic rings. The molecule has 5 heteroatoms. The second kappa shape index (κ2) is 5.02. The number of benzene rings is 2. The van der Waals surface area contributed by atoms with Gasteiger partial charge < -0.3 is 0 Å². The van der Waals surface area contributed by atoms with Crippen molar-refractivity contribution in [3.05, 3.63) is 57.0 Å². The molecule has 3 rings (SSSR count). The van der Waals surface area contributed by atoms with E-state index < -0.39 is 0 Å². The standard InChI is InChI=1S/C14H7ClFIN2/c15-13-10-7-8(17)5-6-12(10)18-14(19-13)9-3-1-2-4-11(9)16/h1-7H. The van der Waals surface area contributed by atoms with Crippen LogP contribution in [0, 0.1) is 9.39 Å². The molecule has 0 bridgehead atoms. The maximum absolute atomic E-state index is 13.7. The fourth-order valence-corrected chi connectivity index (χ4v) is 2.55. The molecule has 94 valence electrons. The summed E-state index contributed by atoms with van der Waals surface area (Å²) in [4.78, 5) is 8.55. The first-order valence-corrected chi connectivity index (χ1v) is 6.98. The normalized spacial score (nSPS) is 10.9. The number of nitrogens with zero attached hydrogens (tertiary/aromatic N) is 2. The first-order valence-electron chi connectivity index (χ1n) is 5.53. The zero-order valence-electron chi connectivity index (χ0n) is 9.57. The van der Waals surface area contributed by atoms with E-state index in [2.05, 4.69) is 32.6 Å². The van der Waals surface area contributed by atoms with Gasteiger partial charge in [-0.3, -0.25) is 0 Å². The van der Waals surface area contributed by atoms with Crippen LogP contribution in [0.15, 0.2) is 42.5 Å². The van der Waals surface area contributed by atoms with E-state index in [1.165, 1.54) is 6.07 Å². The van der Waals surface area contributed by atoms with E-state index in [0.717, 1.165) is 8.96 Å². The monoisotopic (exact) mass is 384 g/mol. The molecule has 3 aromatic rings. The van der Waals surface area contributed by atoms with Gasteiger partial charge in [-0.15, -0.1) is 0 Å². The first-order chi connectivity index (χ1) is 9.15. The molecule has 0 unspecified atom stereocenters.